The molecule has 1 unspecified atom stereocenters. The molecule has 2 fully saturated rings. The van der Waals surface area contributed by atoms with Gasteiger partial charge in [0.25, 0.3) is 0 Å². The van der Waals surface area contributed by atoms with E-state index < -0.39 is 0 Å². The van der Waals surface area contributed by atoms with Crippen molar-refractivity contribution in [1.29, 1.82) is 0 Å². The van der Waals surface area contributed by atoms with Crippen LogP contribution in [0.4, 0.5) is 0 Å². The van der Waals surface area contributed by atoms with Gasteiger partial charge >= 0.3 is 0 Å². The quantitative estimate of drug-likeness (QED) is 0.845. The Bertz CT molecular complexity index is 497. The Balaban J connectivity index is 1.49. The Morgan fingerprint density at radius 1 is 1.17 bits per heavy atom. The molecule has 3 heteroatoms. The molecular formula is C20H30N2O. The molecule has 1 aromatic rings. The molecule has 0 radical (unpaired) electrons. The second kappa shape index (κ2) is 8.07. The Hall–Kier alpha value is -1.19. The van der Waals surface area contributed by atoms with Crippen molar-refractivity contribution in [3.63, 3.8) is 0 Å². The first-order chi connectivity index (χ1) is 11.3. The monoisotopic (exact) mass is 314 g/mol. The summed E-state index contributed by atoms with van der Waals surface area (Å²) in [6, 6.07) is 8.38. The van der Waals surface area contributed by atoms with E-state index in [4.69, 9.17) is 0 Å². The number of hydrogen-bond acceptors (Lipinski definition) is 3. The van der Waals surface area contributed by atoms with E-state index in [0.29, 0.717) is 12.3 Å². The second-order valence-corrected chi connectivity index (χ2v) is 7.19. The van der Waals surface area contributed by atoms with Gasteiger partial charge in [0.1, 0.15) is 0 Å². The van der Waals surface area contributed by atoms with Crippen LogP contribution in [-0.2, 0) is 0 Å². The molecule has 126 valence electrons. The summed E-state index contributed by atoms with van der Waals surface area (Å²) in [5.41, 5.74) is 2.27. The van der Waals surface area contributed by atoms with E-state index in [1.807, 2.05) is 19.1 Å². The highest BCUT2D eigenvalue weighted by Gasteiger charge is 2.23. The third-order valence-electron chi connectivity index (χ3n) is 5.53. The topological polar surface area (TPSA) is 32.3 Å². The summed E-state index contributed by atoms with van der Waals surface area (Å²) in [6.07, 6.45) is 5.82. The number of nitrogens with one attached hydrogen (secondary N) is 1. The fourth-order valence-electron chi connectivity index (χ4n) is 4.04. The van der Waals surface area contributed by atoms with Gasteiger partial charge < -0.3 is 10.2 Å². The molecule has 1 atom stereocenters. The Morgan fingerprint density at radius 2 is 1.91 bits per heavy atom. The first-order valence-corrected chi connectivity index (χ1v) is 9.32. The largest absolute Gasteiger partial charge is 0.316 e. The van der Waals surface area contributed by atoms with Crippen molar-refractivity contribution < 1.29 is 4.79 Å². The minimum atomic E-state index is 0.243. The molecule has 23 heavy (non-hydrogen) atoms. The summed E-state index contributed by atoms with van der Waals surface area (Å²) in [4.78, 5) is 14.4. The molecule has 2 aliphatic heterocycles. The molecule has 0 saturated carbocycles. The number of ketones is 1. The van der Waals surface area contributed by atoms with Crippen LogP contribution >= 0.6 is 0 Å². The van der Waals surface area contributed by atoms with E-state index >= 15 is 0 Å². The molecule has 2 saturated heterocycles. The highest BCUT2D eigenvalue weighted by Crippen LogP contribution is 2.29. The van der Waals surface area contributed by atoms with Gasteiger partial charge in [0.05, 0.1) is 0 Å². The van der Waals surface area contributed by atoms with Crippen LogP contribution in [0.25, 0.3) is 0 Å². The number of Topliss-reactive ketones (excluding diaryl/α,β-unsaturated/α-hetero) is 1. The lowest BCUT2D eigenvalue weighted by atomic mass is 9.88. The molecule has 0 bridgehead atoms. The van der Waals surface area contributed by atoms with Gasteiger partial charge in [-0.25, -0.2) is 0 Å². The molecule has 3 rings (SSSR count). The van der Waals surface area contributed by atoms with E-state index in [-0.39, 0.29) is 5.78 Å². The van der Waals surface area contributed by atoms with Gasteiger partial charge in [0.15, 0.2) is 5.78 Å². The number of hydrogen-bond donors (Lipinski definition) is 1. The SMILES string of the molecule is CCC(=O)c1ccc(C2CCN(CC3CCCNC3)CC2)cc1. The predicted molar refractivity (Wildman–Crippen MR) is 95.1 cm³/mol. The Kier molecular flexibility index (Phi) is 5.85. The first-order valence-electron chi connectivity index (χ1n) is 9.32. The van der Waals surface area contributed by atoms with Crippen LogP contribution in [0.2, 0.25) is 0 Å². The van der Waals surface area contributed by atoms with Crippen LogP contribution in [0.3, 0.4) is 0 Å². The molecular weight excluding hydrogens is 284 g/mol. The van der Waals surface area contributed by atoms with Crippen LogP contribution < -0.4 is 5.32 Å². The minimum Gasteiger partial charge on any atom is -0.316 e. The summed E-state index contributed by atoms with van der Waals surface area (Å²) in [7, 11) is 0. The van der Waals surface area contributed by atoms with E-state index in [0.717, 1.165) is 11.5 Å². The van der Waals surface area contributed by atoms with Crippen LogP contribution in [-0.4, -0.2) is 43.4 Å². The molecule has 3 nitrogen and oxygen atoms in total. The van der Waals surface area contributed by atoms with Gasteiger partial charge in [0, 0.05) is 18.5 Å². The first kappa shape index (κ1) is 16.7. The van der Waals surface area contributed by atoms with Gasteiger partial charge in [-0.3, -0.25) is 4.79 Å². The van der Waals surface area contributed by atoms with Crippen molar-refractivity contribution in [2.75, 3.05) is 32.7 Å². The number of benzene rings is 1. The van der Waals surface area contributed by atoms with Gasteiger partial charge in [-0.15, -0.1) is 0 Å². The van der Waals surface area contributed by atoms with Crippen molar-refractivity contribution >= 4 is 5.78 Å². The smallest absolute Gasteiger partial charge is 0.162 e. The molecule has 0 spiro atoms. The maximum Gasteiger partial charge on any atom is 0.162 e. The second-order valence-electron chi connectivity index (χ2n) is 7.19. The summed E-state index contributed by atoms with van der Waals surface area (Å²) >= 11 is 0. The van der Waals surface area contributed by atoms with E-state index in [9.17, 15) is 4.79 Å². The van der Waals surface area contributed by atoms with Gasteiger partial charge in [-0.1, -0.05) is 31.2 Å². The van der Waals surface area contributed by atoms with Crippen molar-refractivity contribution in [2.24, 2.45) is 5.92 Å². The maximum absolute atomic E-state index is 11.7. The molecule has 0 amide bonds. The zero-order valence-electron chi connectivity index (χ0n) is 14.4. The van der Waals surface area contributed by atoms with E-state index in [1.165, 1.54) is 64.0 Å². The van der Waals surface area contributed by atoms with Crippen molar-refractivity contribution in [1.82, 2.24) is 10.2 Å². The summed E-state index contributed by atoms with van der Waals surface area (Å²) in [5, 5.41) is 3.52. The van der Waals surface area contributed by atoms with Crippen LogP contribution in [0, 0.1) is 5.92 Å². The van der Waals surface area contributed by atoms with Crippen LogP contribution in [0.5, 0.6) is 0 Å². The number of piperidine rings is 2. The zero-order chi connectivity index (χ0) is 16.1. The third-order valence-corrected chi connectivity index (χ3v) is 5.53. The van der Waals surface area contributed by atoms with Crippen LogP contribution in [0.15, 0.2) is 24.3 Å². The highest BCUT2D eigenvalue weighted by molar-refractivity contribution is 5.95. The van der Waals surface area contributed by atoms with Gasteiger partial charge in [0.2, 0.25) is 0 Å². The molecule has 1 aromatic carbocycles. The maximum atomic E-state index is 11.7. The lowest BCUT2D eigenvalue weighted by Crippen LogP contribution is -2.41. The molecule has 0 aromatic heterocycles. The lowest BCUT2D eigenvalue weighted by Gasteiger charge is -2.35. The number of nitrogens with zero attached hydrogens (tertiary/aromatic N) is 1. The average Bonchev–Trinajstić information content (AvgIpc) is 2.63. The van der Waals surface area contributed by atoms with Gasteiger partial charge in [-0.2, -0.15) is 0 Å². The third kappa shape index (κ3) is 4.42. The molecule has 2 aliphatic rings. The fraction of sp³-hybridized carbons (Fsp3) is 0.650. The summed E-state index contributed by atoms with van der Waals surface area (Å²) in [6.45, 7) is 8.03. The van der Waals surface area contributed by atoms with Crippen molar-refractivity contribution in [2.45, 2.75) is 44.9 Å². The standard InChI is InChI=1S/C20H30N2O/c1-2-20(23)19-7-5-17(6-8-19)18-9-12-22(13-10-18)15-16-4-3-11-21-14-16/h5-8,16,18,21H,2-4,9-15H2,1H3. The minimum absolute atomic E-state index is 0.243. The number of likely N-dealkylation sites (tertiary alicyclic amines) is 1. The van der Waals surface area contributed by atoms with Gasteiger partial charge in [-0.05, 0) is 69.3 Å². The Labute approximate surface area is 140 Å². The number of carbonyl (C=O) groups is 1. The van der Waals surface area contributed by atoms with E-state index in [2.05, 4.69) is 22.3 Å². The van der Waals surface area contributed by atoms with E-state index in [1.54, 1.807) is 0 Å². The summed E-state index contributed by atoms with van der Waals surface area (Å²) < 4.78 is 0. The normalized spacial score (nSPS) is 23.8. The number of rotatable bonds is 5. The predicted octanol–water partition coefficient (Wildman–Crippen LogP) is 3.46. The molecule has 0 aliphatic carbocycles. The van der Waals surface area contributed by atoms with Crippen molar-refractivity contribution in [3.8, 4) is 0 Å². The lowest BCUT2D eigenvalue weighted by molar-refractivity contribution is 0.0988. The fourth-order valence-corrected chi connectivity index (χ4v) is 4.04. The average molecular weight is 314 g/mol. The van der Waals surface area contributed by atoms with Crippen molar-refractivity contribution in [3.05, 3.63) is 35.4 Å². The number of carbonyl (C=O) groups excluding carboxylic acids is 1. The Morgan fingerprint density at radius 3 is 2.52 bits per heavy atom. The molecule has 1 N–H and O–H groups in total. The summed E-state index contributed by atoms with van der Waals surface area (Å²) in [5.74, 6) is 1.76. The zero-order valence-corrected chi connectivity index (χ0v) is 14.4. The van der Waals surface area contributed by atoms with Crippen LogP contribution in [0.1, 0.15) is 60.9 Å². The molecule has 2 heterocycles. The highest BCUT2D eigenvalue weighted by atomic mass is 16.1.